The smallest absolute Gasteiger partial charge is 0.397 e. The van der Waals surface area contributed by atoms with Crippen LogP contribution in [-0.4, -0.2) is 114 Å². The van der Waals surface area contributed by atoms with E-state index in [1.165, 1.54) is 14.0 Å². The van der Waals surface area contributed by atoms with Gasteiger partial charge in [-0.25, -0.2) is 8.98 Å². The predicted octanol–water partition coefficient (Wildman–Crippen LogP) is -3.40. The van der Waals surface area contributed by atoms with Crippen molar-refractivity contribution in [1.82, 2.24) is 5.32 Å². The minimum absolute atomic E-state index is 0.601. The number of carbonyl (C=O) groups excluding carboxylic acids is 1. The van der Waals surface area contributed by atoms with Gasteiger partial charge in [-0.05, 0) is 0 Å². The average molecular weight is 489 g/mol. The first kappa shape index (κ1) is 26.8. The topological polar surface area (TPSA) is 228 Å². The van der Waals surface area contributed by atoms with E-state index in [4.69, 9.17) is 23.5 Å². The number of carbonyl (C=O) groups is 2. The predicted molar refractivity (Wildman–Crippen MR) is 99.1 cm³/mol. The van der Waals surface area contributed by atoms with Crippen molar-refractivity contribution in [3.05, 3.63) is 0 Å². The van der Waals surface area contributed by atoms with Crippen LogP contribution < -0.4 is 5.32 Å². The van der Waals surface area contributed by atoms with Crippen molar-refractivity contribution >= 4 is 22.3 Å². The van der Waals surface area contributed by atoms with Gasteiger partial charge in [-0.2, -0.15) is 8.42 Å². The Bertz CT molecular complexity index is 777. The summed E-state index contributed by atoms with van der Waals surface area (Å²) in [6, 6.07) is -1.25. The SMILES string of the molecule is CO[C@@H]1O[C@H](COS(=O)(=O)O)[C@H](O)[C@H](O[C@@H]2O[C@@H](C(=O)O)[C@@H](C)[C@H](O)[C@H]2O)[C@H]1NC(C)=O. The van der Waals surface area contributed by atoms with Crippen LogP contribution in [0.25, 0.3) is 0 Å². The molecule has 0 unspecified atom stereocenters. The number of carboxylic acid groups (broad SMARTS) is 1. The van der Waals surface area contributed by atoms with Gasteiger partial charge in [0.2, 0.25) is 5.91 Å². The zero-order chi connectivity index (χ0) is 24.4. The van der Waals surface area contributed by atoms with Gasteiger partial charge >= 0.3 is 16.4 Å². The molecule has 0 aromatic carbocycles. The third-order valence-electron chi connectivity index (χ3n) is 5.12. The Labute approximate surface area is 183 Å². The number of aliphatic hydroxyl groups excluding tert-OH is 3. The fourth-order valence-electron chi connectivity index (χ4n) is 3.51. The molecule has 0 aromatic heterocycles. The minimum Gasteiger partial charge on any atom is -0.479 e. The Kier molecular flexibility index (Phi) is 8.90. The Balaban J connectivity index is 2.32. The summed E-state index contributed by atoms with van der Waals surface area (Å²) in [5, 5.41) is 43.0. The second-order valence-corrected chi connectivity index (χ2v) is 8.50. The molecule has 32 heavy (non-hydrogen) atoms. The van der Waals surface area contributed by atoms with Crippen LogP contribution in [0, 0.1) is 5.92 Å². The highest BCUT2D eigenvalue weighted by molar-refractivity contribution is 7.80. The molecule has 0 radical (unpaired) electrons. The molecule has 15 nitrogen and oxygen atoms in total. The van der Waals surface area contributed by atoms with Crippen molar-refractivity contribution in [3.8, 4) is 0 Å². The van der Waals surface area contributed by atoms with Crippen LogP contribution in [0.5, 0.6) is 0 Å². The number of aliphatic hydroxyl groups is 3. The van der Waals surface area contributed by atoms with Crippen LogP contribution in [0.2, 0.25) is 0 Å². The molecule has 2 aliphatic heterocycles. The van der Waals surface area contributed by atoms with E-state index in [0.29, 0.717) is 0 Å². The van der Waals surface area contributed by atoms with E-state index in [2.05, 4.69) is 9.50 Å². The Morgan fingerprint density at radius 2 is 1.69 bits per heavy atom. The normalized spacial score (nSPS) is 40.6. The van der Waals surface area contributed by atoms with Gasteiger partial charge < -0.3 is 44.7 Å². The fraction of sp³-hybridized carbons (Fsp3) is 0.875. The molecule has 0 saturated carbocycles. The lowest BCUT2D eigenvalue weighted by atomic mass is 9.90. The first-order valence-electron chi connectivity index (χ1n) is 9.42. The van der Waals surface area contributed by atoms with Gasteiger partial charge in [-0.1, -0.05) is 6.92 Å². The van der Waals surface area contributed by atoms with Crippen molar-refractivity contribution in [2.24, 2.45) is 5.92 Å². The van der Waals surface area contributed by atoms with Gasteiger partial charge in [-0.3, -0.25) is 9.35 Å². The highest BCUT2D eigenvalue weighted by Gasteiger charge is 2.52. The van der Waals surface area contributed by atoms with Crippen molar-refractivity contribution in [3.63, 3.8) is 0 Å². The molecule has 0 bridgehead atoms. The van der Waals surface area contributed by atoms with Crippen molar-refractivity contribution < 1.29 is 66.1 Å². The lowest BCUT2D eigenvalue weighted by Crippen LogP contribution is -2.67. The standard InChI is InChI=1S/C16H27NO14S/c1-5-9(19)11(21)16(30-12(5)14(22)23)31-13-8(17-6(2)18)15(27-3)29-7(10(13)20)4-28-32(24,25)26/h5,7-13,15-16,19-21H,4H2,1-3H3,(H,17,18)(H,22,23)(H,24,25,26)/t5-,7+,8+,9-,10-,11+,12+,13+,15+,16-/m0/s1. The molecule has 16 heteroatoms. The Morgan fingerprint density at radius 1 is 1.06 bits per heavy atom. The summed E-state index contributed by atoms with van der Waals surface area (Å²) in [7, 11) is -3.72. The molecular weight excluding hydrogens is 462 g/mol. The Morgan fingerprint density at radius 3 is 2.19 bits per heavy atom. The number of hydrogen-bond acceptors (Lipinski definition) is 12. The second-order valence-electron chi connectivity index (χ2n) is 7.41. The zero-order valence-corrected chi connectivity index (χ0v) is 18.1. The molecule has 186 valence electrons. The van der Waals surface area contributed by atoms with Crippen LogP contribution in [0.4, 0.5) is 0 Å². The molecule has 2 fully saturated rings. The first-order chi connectivity index (χ1) is 14.8. The number of carboxylic acids is 1. The van der Waals surface area contributed by atoms with E-state index in [1.54, 1.807) is 0 Å². The molecule has 0 aromatic rings. The molecule has 2 aliphatic rings. The molecule has 2 rings (SSSR count). The number of methoxy groups -OCH3 is 1. The monoisotopic (exact) mass is 489 g/mol. The van der Waals surface area contributed by atoms with Gasteiger partial charge in [0, 0.05) is 20.0 Å². The number of ether oxygens (including phenoxy) is 4. The number of aliphatic carboxylic acids is 1. The summed E-state index contributed by atoms with van der Waals surface area (Å²) >= 11 is 0. The summed E-state index contributed by atoms with van der Waals surface area (Å²) in [4.78, 5) is 23.1. The second kappa shape index (κ2) is 10.6. The quantitative estimate of drug-likeness (QED) is 0.183. The van der Waals surface area contributed by atoms with E-state index in [9.17, 15) is 38.4 Å². The Hall–Kier alpha value is -1.47. The van der Waals surface area contributed by atoms with Gasteiger partial charge in [0.05, 0.1) is 12.7 Å². The van der Waals surface area contributed by atoms with Crippen LogP contribution in [0.3, 0.4) is 0 Å². The van der Waals surface area contributed by atoms with E-state index in [0.717, 1.165) is 6.92 Å². The van der Waals surface area contributed by atoms with Crippen molar-refractivity contribution in [1.29, 1.82) is 0 Å². The molecule has 10 atom stereocenters. The number of amides is 1. The maximum atomic E-state index is 11.7. The lowest BCUT2D eigenvalue weighted by molar-refractivity contribution is -0.332. The summed E-state index contributed by atoms with van der Waals surface area (Å²) < 4.78 is 56.1. The maximum Gasteiger partial charge on any atom is 0.397 e. The molecular formula is C16H27NO14S. The lowest BCUT2D eigenvalue weighted by Gasteiger charge is -2.47. The third-order valence-corrected chi connectivity index (χ3v) is 5.55. The van der Waals surface area contributed by atoms with E-state index >= 15 is 0 Å². The highest BCUT2D eigenvalue weighted by Crippen LogP contribution is 2.31. The number of hydrogen-bond donors (Lipinski definition) is 6. The summed E-state index contributed by atoms with van der Waals surface area (Å²) in [6.07, 6.45) is -12.7. The van der Waals surface area contributed by atoms with Crippen LogP contribution in [-0.2, 0) is 43.1 Å². The van der Waals surface area contributed by atoms with Gasteiger partial charge in [0.1, 0.15) is 30.5 Å². The summed E-state index contributed by atoms with van der Waals surface area (Å²) in [5.74, 6) is -3.04. The molecule has 6 N–H and O–H groups in total. The summed E-state index contributed by atoms with van der Waals surface area (Å²) in [5.41, 5.74) is 0. The molecule has 0 aliphatic carbocycles. The van der Waals surface area contributed by atoms with E-state index < -0.39 is 90.0 Å². The van der Waals surface area contributed by atoms with Crippen molar-refractivity contribution in [2.75, 3.05) is 13.7 Å². The largest absolute Gasteiger partial charge is 0.479 e. The van der Waals surface area contributed by atoms with Gasteiger partial charge in [0.25, 0.3) is 0 Å². The number of nitrogens with one attached hydrogen (secondary N) is 1. The number of rotatable bonds is 8. The minimum atomic E-state index is -4.89. The zero-order valence-electron chi connectivity index (χ0n) is 17.3. The molecule has 0 spiro atoms. The molecule has 2 saturated heterocycles. The third kappa shape index (κ3) is 6.31. The first-order valence-corrected chi connectivity index (χ1v) is 10.8. The van der Waals surface area contributed by atoms with Crippen LogP contribution in [0.1, 0.15) is 13.8 Å². The molecule has 1 amide bonds. The van der Waals surface area contributed by atoms with Crippen LogP contribution in [0.15, 0.2) is 0 Å². The fourth-order valence-corrected chi connectivity index (χ4v) is 3.82. The van der Waals surface area contributed by atoms with Gasteiger partial charge in [0.15, 0.2) is 18.7 Å². The average Bonchev–Trinajstić information content (AvgIpc) is 2.68. The maximum absolute atomic E-state index is 11.7. The van der Waals surface area contributed by atoms with E-state index in [1.807, 2.05) is 0 Å². The van der Waals surface area contributed by atoms with Gasteiger partial charge in [-0.15, -0.1) is 0 Å². The van der Waals surface area contributed by atoms with E-state index in [-0.39, 0.29) is 0 Å². The van der Waals surface area contributed by atoms with Crippen molar-refractivity contribution in [2.45, 2.75) is 69.1 Å². The summed E-state index contributed by atoms with van der Waals surface area (Å²) in [6.45, 7) is 1.61. The molecule has 2 heterocycles. The van der Waals surface area contributed by atoms with Crippen LogP contribution >= 0.6 is 0 Å². The highest BCUT2D eigenvalue weighted by atomic mass is 32.3.